The van der Waals surface area contributed by atoms with Crippen LogP contribution in [0.3, 0.4) is 0 Å². The molecule has 17 heavy (non-hydrogen) atoms. The molecule has 0 saturated heterocycles. The third kappa shape index (κ3) is 1.22. The first-order valence-electron chi connectivity index (χ1n) is 6.43. The molecule has 1 aromatic carbocycles. The highest BCUT2D eigenvalue weighted by molar-refractivity contribution is 5.51. The number of nitrogens with zero attached hydrogens (tertiary/aromatic N) is 1. The summed E-state index contributed by atoms with van der Waals surface area (Å²) >= 11 is 0. The first-order valence-corrected chi connectivity index (χ1v) is 6.43. The topological polar surface area (TPSA) is 12.9 Å². The third-order valence-corrected chi connectivity index (χ3v) is 4.29. The van der Waals surface area contributed by atoms with Gasteiger partial charge in [0.05, 0.1) is 5.69 Å². The summed E-state index contributed by atoms with van der Waals surface area (Å²) < 4.78 is 0. The van der Waals surface area contributed by atoms with Gasteiger partial charge in [-0.25, -0.2) is 0 Å². The Morgan fingerprint density at radius 1 is 0.882 bits per heavy atom. The van der Waals surface area contributed by atoms with E-state index in [4.69, 9.17) is 4.98 Å². The molecule has 0 amide bonds. The number of aryl methyl sites for hydroxylation is 2. The summed E-state index contributed by atoms with van der Waals surface area (Å²) in [7, 11) is 0. The van der Waals surface area contributed by atoms with Crippen molar-refractivity contribution in [2.75, 3.05) is 0 Å². The molecule has 2 aliphatic carbocycles. The van der Waals surface area contributed by atoms with E-state index in [0.29, 0.717) is 0 Å². The zero-order valence-electron chi connectivity index (χ0n) is 9.82. The van der Waals surface area contributed by atoms with Crippen LogP contribution >= 0.6 is 0 Å². The highest BCUT2D eigenvalue weighted by Gasteiger charge is 2.50. The van der Waals surface area contributed by atoms with Crippen LogP contribution in [0.15, 0.2) is 42.6 Å². The van der Waals surface area contributed by atoms with Crippen molar-refractivity contribution in [1.82, 2.24) is 4.98 Å². The SMILES string of the molecule is c1ccc2c(c1)CCc1cccnc1C21CC1. The van der Waals surface area contributed by atoms with E-state index < -0.39 is 0 Å². The van der Waals surface area contributed by atoms with Crippen LogP contribution in [0.25, 0.3) is 0 Å². The van der Waals surface area contributed by atoms with Crippen molar-refractivity contribution in [2.24, 2.45) is 0 Å². The Bertz CT molecular complexity index is 532. The first kappa shape index (κ1) is 9.41. The van der Waals surface area contributed by atoms with Crippen molar-refractivity contribution in [2.45, 2.75) is 31.1 Å². The quantitative estimate of drug-likeness (QED) is 0.665. The number of aromatic nitrogens is 1. The van der Waals surface area contributed by atoms with Crippen LogP contribution in [0, 0.1) is 0 Å². The molecule has 1 saturated carbocycles. The monoisotopic (exact) mass is 221 g/mol. The molecule has 0 bridgehead atoms. The van der Waals surface area contributed by atoms with Crippen LogP contribution in [-0.2, 0) is 18.3 Å². The van der Waals surface area contributed by atoms with E-state index in [0.717, 1.165) is 12.8 Å². The highest BCUT2D eigenvalue weighted by atomic mass is 14.7. The van der Waals surface area contributed by atoms with Crippen molar-refractivity contribution < 1.29 is 0 Å². The average molecular weight is 221 g/mol. The molecule has 1 heterocycles. The fraction of sp³-hybridized carbons (Fsp3) is 0.312. The van der Waals surface area contributed by atoms with E-state index in [-0.39, 0.29) is 5.41 Å². The van der Waals surface area contributed by atoms with Gasteiger partial charge in [-0.2, -0.15) is 0 Å². The molecular formula is C16H15N. The number of rotatable bonds is 0. The van der Waals surface area contributed by atoms with E-state index in [1.165, 1.54) is 35.2 Å². The lowest BCUT2D eigenvalue weighted by molar-refractivity contribution is 0.794. The summed E-state index contributed by atoms with van der Waals surface area (Å²) in [6, 6.07) is 13.3. The van der Waals surface area contributed by atoms with Gasteiger partial charge in [-0.3, -0.25) is 4.98 Å². The van der Waals surface area contributed by atoms with E-state index in [9.17, 15) is 0 Å². The molecule has 1 fully saturated rings. The van der Waals surface area contributed by atoms with Crippen LogP contribution < -0.4 is 0 Å². The van der Waals surface area contributed by atoms with E-state index in [1.54, 1.807) is 0 Å². The van der Waals surface area contributed by atoms with Crippen LogP contribution in [0.2, 0.25) is 0 Å². The zero-order chi connectivity index (χ0) is 11.3. The molecular weight excluding hydrogens is 206 g/mol. The molecule has 0 atom stereocenters. The van der Waals surface area contributed by atoms with Gasteiger partial charge >= 0.3 is 0 Å². The minimum absolute atomic E-state index is 0.268. The van der Waals surface area contributed by atoms with Crippen molar-refractivity contribution in [3.05, 3.63) is 65.0 Å². The minimum atomic E-state index is 0.268. The third-order valence-electron chi connectivity index (χ3n) is 4.29. The second-order valence-electron chi connectivity index (χ2n) is 5.25. The summed E-state index contributed by atoms with van der Waals surface area (Å²) in [5.41, 5.74) is 6.15. The summed E-state index contributed by atoms with van der Waals surface area (Å²) in [5, 5.41) is 0. The maximum absolute atomic E-state index is 4.69. The van der Waals surface area contributed by atoms with Crippen molar-refractivity contribution in [3.63, 3.8) is 0 Å². The van der Waals surface area contributed by atoms with Gasteiger partial charge in [0.1, 0.15) is 0 Å². The van der Waals surface area contributed by atoms with Gasteiger partial charge in [0.15, 0.2) is 0 Å². The molecule has 1 spiro atoms. The Balaban J connectivity index is 2.00. The molecule has 0 unspecified atom stereocenters. The fourth-order valence-electron chi connectivity index (χ4n) is 3.30. The lowest BCUT2D eigenvalue weighted by atomic mass is 9.88. The smallest absolute Gasteiger partial charge is 0.0541 e. The predicted octanol–water partition coefficient (Wildman–Crippen LogP) is 3.26. The lowest BCUT2D eigenvalue weighted by Gasteiger charge is -2.17. The van der Waals surface area contributed by atoms with Gasteiger partial charge in [0.2, 0.25) is 0 Å². The first-order chi connectivity index (χ1) is 8.40. The fourth-order valence-corrected chi connectivity index (χ4v) is 3.30. The molecule has 2 aromatic rings. The predicted molar refractivity (Wildman–Crippen MR) is 68.1 cm³/mol. The van der Waals surface area contributed by atoms with Crippen LogP contribution in [-0.4, -0.2) is 4.98 Å². The summed E-state index contributed by atoms with van der Waals surface area (Å²) in [5.74, 6) is 0. The molecule has 1 aromatic heterocycles. The Morgan fingerprint density at radius 2 is 1.65 bits per heavy atom. The summed E-state index contributed by atoms with van der Waals surface area (Å²) in [6.07, 6.45) is 6.80. The second-order valence-corrected chi connectivity index (χ2v) is 5.25. The number of pyridine rings is 1. The van der Waals surface area contributed by atoms with Crippen molar-refractivity contribution in [1.29, 1.82) is 0 Å². The Labute approximate surface area is 102 Å². The summed E-state index contributed by atoms with van der Waals surface area (Å²) in [6.45, 7) is 0. The van der Waals surface area contributed by atoms with E-state index in [1.807, 2.05) is 6.20 Å². The van der Waals surface area contributed by atoms with Crippen molar-refractivity contribution in [3.8, 4) is 0 Å². The normalized spacial score (nSPS) is 19.3. The molecule has 1 heteroatoms. The van der Waals surface area contributed by atoms with Crippen LogP contribution in [0.5, 0.6) is 0 Å². The average Bonchev–Trinajstić information content (AvgIpc) is 3.19. The Hall–Kier alpha value is -1.63. The highest BCUT2D eigenvalue weighted by Crippen LogP contribution is 2.55. The Kier molecular flexibility index (Phi) is 1.77. The molecule has 4 rings (SSSR count). The molecule has 2 aliphatic rings. The number of fused-ring (bicyclic) bond motifs is 4. The van der Waals surface area contributed by atoms with E-state index >= 15 is 0 Å². The van der Waals surface area contributed by atoms with Gasteiger partial charge < -0.3 is 0 Å². The number of benzene rings is 1. The van der Waals surface area contributed by atoms with Gasteiger partial charge in [0, 0.05) is 11.6 Å². The van der Waals surface area contributed by atoms with Crippen molar-refractivity contribution >= 4 is 0 Å². The van der Waals surface area contributed by atoms with Gasteiger partial charge in [-0.15, -0.1) is 0 Å². The molecule has 0 radical (unpaired) electrons. The molecule has 0 N–H and O–H groups in total. The van der Waals surface area contributed by atoms with E-state index in [2.05, 4.69) is 36.4 Å². The Morgan fingerprint density at radius 3 is 2.53 bits per heavy atom. The van der Waals surface area contributed by atoms with Gasteiger partial charge in [0.25, 0.3) is 0 Å². The second kappa shape index (κ2) is 3.19. The van der Waals surface area contributed by atoms with Gasteiger partial charge in [-0.05, 0) is 48.4 Å². The minimum Gasteiger partial charge on any atom is -0.260 e. The van der Waals surface area contributed by atoms with Gasteiger partial charge in [-0.1, -0.05) is 30.3 Å². The van der Waals surface area contributed by atoms with Crippen LogP contribution in [0.1, 0.15) is 35.2 Å². The lowest BCUT2D eigenvalue weighted by Crippen LogP contribution is -2.12. The number of hydrogen-bond donors (Lipinski definition) is 0. The molecule has 0 aliphatic heterocycles. The summed E-state index contributed by atoms with van der Waals surface area (Å²) in [4.78, 5) is 4.69. The number of hydrogen-bond acceptors (Lipinski definition) is 1. The maximum Gasteiger partial charge on any atom is 0.0541 e. The largest absolute Gasteiger partial charge is 0.260 e. The molecule has 84 valence electrons. The zero-order valence-corrected chi connectivity index (χ0v) is 9.82. The van der Waals surface area contributed by atoms with Crippen LogP contribution in [0.4, 0.5) is 0 Å². The molecule has 1 nitrogen and oxygen atoms in total. The standard InChI is InChI=1S/C16H15N/c1-2-6-14-12(4-1)7-8-13-5-3-11-17-15(13)16(14)9-10-16/h1-6,11H,7-10H2. The maximum atomic E-state index is 4.69.